The predicted octanol–water partition coefficient (Wildman–Crippen LogP) is -1.15. The molecule has 1 amide bonds. The van der Waals surface area contributed by atoms with Crippen molar-refractivity contribution in [3.63, 3.8) is 0 Å². The van der Waals surface area contributed by atoms with Crippen LogP contribution < -0.4 is 5.23 Å². The molecule has 0 radical (unpaired) electrons. The number of hydrogen-bond donors (Lipinski definition) is 2. The van der Waals surface area contributed by atoms with Crippen molar-refractivity contribution in [2.24, 2.45) is 0 Å². The molecule has 0 aliphatic rings. The highest BCUT2D eigenvalue weighted by molar-refractivity contribution is 7.96. The van der Waals surface area contributed by atoms with Crippen molar-refractivity contribution in [2.75, 3.05) is 13.6 Å². The zero-order valence-electron chi connectivity index (χ0n) is 8.00. The summed E-state index contributed by atoms with van der Waals surface area (Å²) in [7, 11) is 5.74. The normalized spacial score (nSPS) is 12.5. The molecule has 0 saturated carbocycles. The van der Waals surface area contributed by atoms with Crippen LogP contribution in [-0.4, -0.2) is 45.5 Å². The molecule has 0 aromatic rings. The summed E-state index contributed by atoms with van der Waals surface area (Å²) in [6.07, 6.45) is 2.10. The van der Waals surface area contributed by atoms with E-state index in [9.17, 15) is 4.79 Å². The molecular weight excluding hydrogens is 170 g/mol. The van der Waals surface area contributed by atoms with E-state index in [2.05, 4.69) is 17.9 Å². The van der Waals surface area contributed by atoms with Crippen LogP contribution in [-0.2, 0) is 0 Å². The molecule has 0 heterocycles. The van der Waals surface area contributed by atoms with E-state index in [-0.39, 0.29) is 11.2 Å². The SMILES string of the molecule is BNCCCC(B)N(C)C(=O)S. The third-order valence-electron chi connectivity index (χ3n) is 2.01. The Morgan fingerprint density at radius 1 is 1.75 bits per heavy atom. The molecule has 6 heteroatoms. The third kappa shape index (κ3) is 4.72. The molecule has 12 heavy (non-hydrogen) atoms. The van der Waals surface area contributed by atoms with Crippen molar-refractivity contribution in [1.82, 2.24) is 10.1 Å². The van der Waals surface area contributed by atoms with Crippen molar-refractivity contribution in [3.05, 3.63) is 0 Å². The first-order valence-corrected chi connectivity index (χ1v) is 4.64. The number of nitrogens with one attached hydrogen (secondary N) is 1. The van der Waals surface area contributed by atoms with Gasteiger partial charge in [-0.25, -0.2) is 0 Å². The molecule has 0 aromatic carbocycles. The average Bonchev–Trinajstić information content (AvgIpc) is 2.03. The van der Waals surface area contributed by atoms with Crippen molar-refractivity contribution < 1.29 is 4.79 Å². The van der Waals surface area contributed by atoms with Gasteiger partial charge in [-0.05, 0) is 19.4 Å². The first kappa shape index (κ1) is 11.9. The summed E-state index contributed by atoms with van der Waals surface area (Å²) in [6, 6.07) is 0. The second-order valence-corrected chi connectivity index (χ2v) is 3.37. The van der Waals surface area contributed by atoms with Crippen LogP contribution in [0.2, 0.25) is 0 Å². The molecule has 1 N–H and O–H groups in total. The number of thiol groups is 1. The van der Waals surface area contributed by atoms with Crippen LogP contribution in [0.15, 0.2) is 0 Å². The fraction of sp³-hybridized carbons (Fsp3) is 0.833. The van der Waals surface area contributed by atoms with Crippen LogP contribution >= 0.6 is 12.6 Å². The standard InChI is InChI=1S/C6H16B2N2OS/c1-10(6(11)12)5(7)3-2-4-9-8/h5,9H,2-4,7-8H2,1H3,(H,11,12). The molecule has 0 fully saturated rings. The minimum Gasteiger partial charge on any atom is -0.362 e. The Bertz CT molecular complexity index is 148. The molecule has 0 aliphatic carbocycles. The largest absolute Gasteiger partial charge is 0.362 e. The highest BCUT2D eigenvalue weighted by Gasteiger charge is 2.10. The maximum atomic E-state index is 10.8. The monoisotopic (exact) mass is 186 g/mol. The summed E-state index contributed by atoms with van der Waals surface area (Å²) in [6.45, 7) is 0.999. The topological polar surface area (TPSA) is 32.3 Å². The van der Waals surface area contributed by atoms with Gasteiger partial charge in [0.15, 0.2) is 7.98 Å². The van der Waals surface area contributed by atoms with E-state index in [1.54, 1.807) is 11.9 Å². The zero-order valence-corrected chi connectivity index (χ0v) is 8.90. The number of nitrogens with zero attached hydrogens (tertiary/aromatic N) is 1. The lowest BCUT2D eigenvalue weighted by molar-refractivity contribution is 0.227. The summed E-state index contributed by atoms with van der Waals surface area (Å²) in [4.78, 5) is 12.4. The van der Waals surface area contributed by atoms with Gasteiger partial charge in [0.1, 0.15) is 7.85 Å². The van der Waals surface area contributed by atoms with Crippen LogP contribution in [0.4, 0.5) is 4.79 Å². The summed E-state index contributed by atoms with van der Waals surface area (Å²) < 4.78 is 0. The highest BCUT2D eigenvalue weighted by Crippen LogP contribution is 2.03. The van der Waals surface area contributed by atoms with Gasteiger partial charge in [0.25, 0.3) is 5.24 Å². The van der Waals surface area contributed by atoms with E-state index >= 15 is 0 Å². The molecule has 0 aliphatic heterocycles. The van der Waals surface area contributed by atoms with Gasteiger partial charge in [-0.2, -0.15) is 0 Å². The fourth-order valence-electron chi connectivity index (χ4n) is 0.956. The third-order valence-corrected chi connectivity index (χ3v) is 2.33. The van der Waals surface area contributed by atoms with Gasteiger partial charge in [-0.1, -0.05) is 12.6 Å². The van der Waals surface area contributed by atoms with E-state index in [0.29, 0.717) is 0 Å². The Morgan fingerprint density at radius 3 is 2.75 bits per heavy atom. The van der Waals surface area contributed by atoms with E-state index in [1.165, 1.54) is 0 Å². The Kier molecular flexibility index (Phi) is 6.38. The number of carbonyl (C=O) groups is 1. The van der Waals surface area contributed by atoms with E-state index in [1.807, 2.05) is 15.8 Å². The maximum absolute atomic E-state index is 10.8. The number of carbonyl (C=O) groups excluding carboxylic acids is 1. The second-order valence-electron chi connectivity index (χ2n) is 2.99. The quantitative estimate of drug-likeness (QED) is 0.322. The molecule has 3 nitrogen and oxygen atoms in total. The van der Waals surface area contributed by atoms with Crippen LogP contribution in [0, 0.1) is 0 Å². The number of amides is 1. The van der Waals surface area contributed by atoms with Crippen molar-refractivity contribution in [2.45, 2.75) is 18.8 Å². The molecular formula is C6H16B2N2OS. The predicted molar refractivity (Wildman–Crippen MR) is 60.3 cm³/mol. The van der Waals surface area contributed by atoms with Crippen LogP contribution in [0.5, 0.6) is 0 Å². The van der Waals surface area contributed by atoms with E-state index in [4.69, 9.17) is 0 Å². The summed E-state index contributed by atoms with van der Waals surface area (Å²) in [5.41, 5.74) is 0. The summed E-state index contributed by atoms with van der Waals surface area (Å²) in [5, 5.41) is 2.91. The average molecular weight is 186 g/mol. The Hall–Kier alpha value is -0.0901. The first-order chi connectivity index (χ1) is 5.59. The van der Waals surface area contributed by atoms with Gasteiger partial charge < -0.3 is 10.1 Å². The molecule has 1 atom stereocenters. The summed E-state index contributed by atoms with van der Waals surface area (Å²) >= 11 is 3.75. The molecule has 0 rings (SSSR count). The van der Waals surface area contributed by atoms with Gasteiger partial charge >= 0.3 is 0 Å². The maximum Gasteiger partial charge on any atom is 0.277 e. The van der Waals surface area contributed by atoms with Crippen LogP contribution in [0.3, 0.4) is 0 Å². The lowest BCUT2D eigenvalue weighted by Gasteiger charge is -2.22. The van der Waals surface area contributed by atoms with Crippen molar-refractivity contribution in [1.29, 1.82) is 0 Å². The lowest BCUT2D eigenvalue weighted by atomic mass is 9.90. The summed E-state index contributed by atoms with van der Waals surface area (Å²) in [5.74, 6) is 0.281. The fourth-order valence-corrected chi connectivity index (χ4v) is 1.15. The molecule has 0 bridgehead atoms. The Labute approximate surface area is 81.5 Å². The van der Waals surface area contributed by atoms with Gasteiger partial charge in [-0.15, -0.1) is 0 Å². The minimum absolute atomic E-state index is 0.160. The van der Waals surface area contributed by atoms with E-state index < -0.39 is 0 Å². The smallest absolute Gasteiger partial charge is 0.277 e. The van der Waals surface area contributed by atoms with E-state index in [0.717, 1.165) is 19.4 Å². The van der Waals surface area contributed by atoms with Gasteiger partial charge in [-0.3, -0.25) is 4.79 Å². The Morgan fingerprint density at radius 2 is 2.33 bits per heavy atom. The van der Waals surface area contributed by atoms with Crippen LogP contribution in [0.1, 0.15) is 12.8 Å². The highest BCUT2D eigenvalue weighted by atomic mass is 32.1. The minimum atomic E-state index is -0.160. The molecule has 0 saturated heterocycles. The molecule has 0 aromatic heterocycles. The number of rotatable bonds is 5. The van der Waals surface area contributed by atoms with Gasteiger partial charge in [0, 0.05) is 13.0 Å². The van der Waals surface area contributed by atoms with Crippen molar-refractivity contribution >= 4 is 33.7 Å². The zero-order chi connectivity index (χ0) is 9.56. The van der Waals surface area contributed by atoms with Gasteiger partial charge in [0.05, 0.1) is 0 Å². The van der Waals surface area contributed by atoms with Crippen LogP contribution in [0.25, 0.3) is 0 Å². The number of hydrogen-bond acceptors (Lipinski definition) is 2. The first-order valence-electron chi connectivity index (χ1n) is 4.20. The lowest BCUT2D eigenvalue weighted by Crippen LogP contribution is -2.34. The van der Waals surface area contributed by atoms with Crippen molar-refractivity contribution in [3.8, 4) is 0 Å². The molecule has 68 valence electrons. The van der Waals surface area contributed by atoms with Gasteiger partial charge in [0.2, 0.25) is 0 Å². The molecule has 1 unspecified atom stereocenters. The Balaban J connectivity index is 3.56. The second kappa shape index (κ2) is 6.43. The molecule has 0 spiro atoms.